The van der Waals surface area contributed by atoms with Gasteiger partial charge in [-0.1, -0.05) is 11.6 Å². The van der Waals surface area contributed by atoms with Gasteiger partial charge in [-0.3, -0.25) is 0 Å². The minimum atomic E-state index is -0.148. The zero-order chi connectivity index (χ0) is 4.41. The van der Waals surface area contributed by atoms with Crippen LogP contribution >= 0.6 is 11.6 Å². The van der Waals surface area contributed by atoms with E-state index in [0.29, 0.717) is 0 Å². The fourth-order valence-electron chi connectivity index (χ4n) is 0.280. The first kappa shape index (κ1) is 3.96. The summed E-state index contributed by atoms with van der Waals surface area (Å²) in [7, 11) is 0. The van der Waals surface area contributed by atoms with Crippen molar-refractivity contribution in [1.82, 2.24) is 10.9 Å². The molecule has 1 aliphatic rings. The van der Waals surface area contributed by atoms with Crippen molar-refractivity contribution in [1.29, 1.82) is 0 Å². The maximum atomic E-state index is 5.40. The fraction of sp³-hybridized carbons (Fsp3) is 0.333. The van der Waals surface area contributed by atoms with E-state index in [-0.39, 0.29) is 5.50 Å². The van der Waals surface area contributed by atoms with Crippen LogP contribution in [0.3, 0.4) is 0 Å². The van der Waals surface area contributed by atoms with E-state index in [1.807, 2.05) is 0 Å². The molecule has 2 nitrogen and oxygen atoms in total. The standard InChI is InChI=1S/C3H4ClN2/c4-3-1-2-5-6-3/h1-3,5H. The number of halogens is 1. The molecule has 1 rings (SSSR count). The third-order valence-electron chi connectivity index (χ3n) is 0.527. The Morgan fingerprint density at radius 1 is 1.83 bits per heavy atom. The molecule has 1 unspecified atom stereocenters. The van der Waals surface area contributed by atoms with Crippen LogP contribution in [0, 0.1) is 0 Å². The van der Waals surface area contributed by atoms with Crippen molar-refractivity contribution < 1.29 is 0 Å². The minimum Gasteiger partial charge on any atom is -0.310 e. The maximum absolute atomic E-state index is 5.40. The lowest BCUT2D eigenvalue weighted by Gasteiger charge is -1.89. The highest BCUT2D eigenvalue weighted by atomic mass is 35.5. The quantitative estimate of drug-likeness (QED) is 0.344. The lowest BCUT2D eigenvalue weighted by molar-refractivity contribution is 0.676. The van der Waals surface area contributed by atoms with E-state index in [9.17, 15) is 0 Å². The average molecular weight is 104 g/mol. The molecule has 0 bridgehead atoms. The fourth-order valence-corrected chi connectivity index (χ4v) is 0.409. The first-order valence-corrected chi connectivity index (χ1v) is 2.09. The van der Waals surface area contributed by atoms with Crippen molar-refractivity contribution in [2.75, 3.05) is 0 Å². The first-order valence-electron chi connectivity index (χ1n) is 1.66. The van der Waals surface area contributed by atoms with Gasteiger partial charge in [0.05, 0.1) is 0 Å². The molecule has 1 heterocycles. The molecule has 6 heavy (non-hydrogen) atoms. The summed E-state index contributed by atoms with van der Waals surface area (Å²) in [6.07, 6.45) is 3.47. The predicted molar refractivity (Wildman–Crippen MR) is 24.1 cm³/mol. The molecule has 0 spiro atoms. The van der Waals surface area contributed by atoms with Crippen molar-refractivity contribution >= 4 is 11.6 Å². The Morgan fingerprint density at radius 2 is 2.67 bits per heavy atom. The number of nitrogens with one attached hydrogen (secondary N) is 1. The lowest BCUT2D eigenvalue weighted by Crippen LogP contribution is -2.16. The summed E-state index contributed by atoms with van der Waals surface area (Å²) in [6, 6.07) is 0. The van der Waals surface area contributed by atoms with Gasteiger partial charge in [0.15, 0.2) is 0 Å². The molecule has 0 aliphatic carbocycles. The van der Waals surface area contributed by atoms with Gasteiger partial charge in [0.25, 0.3) is 0 Å². The van der Waals surface area contributed by atoms with Gasteiger partial charge in [-0.25, -0.2) is 0 Å². The van der Waals surface area contributed by atoms with Crippen molar-refractivity contribution in [3.63, 3.8) is 0 Å². The lowest BCUT2D eigenvalue weighted by atomic mass is 10.6. The molecule has 0 fully saturated rings. The Kier molecular flexibility index (Phi) is 0.986. The van der Waals surface area contributed by atoms with Gasteiger partial charge in [-0.05, 0) is 6.08 Å². The SMILES string of the molecule is ClC1C=CN[N]1. The number of hydrogen-bond donors (Lipinski definition) is 1. The Balaban J connectivity index is 2.38. The minimum absolute atomic E-state index is 0.148. The van der Waals surface area contributed by atoms with Crippen LogP contribution in [0.15, 0.2) is 12.3 Å². The van der Waals surface area contributed by atoms with E-state index < -0.39 is 0 Å². The molecule has 33 valence electrons. The number of hydrogen-bond acceptors (Lipinski definition) is 1. The van der Waals surface area contributed by atoms with Crippen LogP contribution in [-0.2, 0) is 0 Å². The molecule has 1 atom stereocenters. The molecule has 0 aromatic rings. The highest BCUT2D eigenvalue weighted by Gasteiger charge is 2.01. The topological polar surface area (TPSA) is 26.1 Å². The smallest absolute Gasteiger partial charge is 0.140 e. The van der Waals surface area contributed by atoms with Crippen molar-refractivity contribution in [2.45, 2.75) is 5.50 Å². The molecule has 0 saturated heterocycles. The summed E-state index contributed by atoms with van der Waals surface area (Å²) in [5, 5.41) is 0. The molecule has 0 aromatic carbocycles. The van der Waals surface area contributed by atoms with Gasteiger partial charge < -0.3 is 5.43 Å². The van der Waals surface area contributed by atoms with E-state index in [1.165, 1.54) is 0 Å². The van der Waals surface area contributed by atoms with E-state index in [1.54, 1.807) is 12.3 Å². The summed E-state index contributed by atoms with van der Waals surface area (Å²) in [4.78, 5) is 0. The number of nitrogens with zero attached hydrogens (tertiary/aromatic N) is 1. The third kappa shape index (κ3) is 0.640. The molecule has 3 heteroatoms. The molecule has 1 radical (unpaired) electrons. The molecule has 1 N–H and O–H groups in total. The zero-order valence-corrected chi connectivity index (χ0v) is 3.81. The second-order valence-corrected chi connectivity index (χ2v) is 1.44. The Labute approximate surface area is 41.1 Å². The van der Waals surface area contributed by atoms with E-state index in [2.05, 4.69) is 10.9 Å². The monoisotopic (exact) mass is 103 g/mol. The number of alkyl halides is 1. The molecule has 0 amide bonds. The summed E-state index contributed by atoms with van der Waals surface area (Å²) in [6.45, 7) is 0. The van der Waals surface area contributed by atoms with E-state index >= 15 is 0 Å². The van der Waals surface area contributed by atoms with Crippen molar-refractivity contribution in [3.8, 4) is 0 Å². The normalized spacial score (nSPS) is 30.5. The van der Waals surface area contributed by atoms with Gasteiger partial charge in [0.1, 0.15) is 5.50 Å². The highest BCUT2D eigenvalue weighted by molar-refractivity contribution is 6.21. The van der Waals surface area contributed by atoms with Crippen LogP contribution in [0.4, 0.5) is 0 Å². The second kappa shape index (κ2) is 1.49. The largest absolute Gasteiger partial charge is 0.310 e. The van der Waals surface area contributed by atoms with Gasteiger partial charge in [-0.2, -0.15) is 0 Å². The van der Waals surface area contributed by atoms with Crippen LogP contribution in [-0.4, -0.2) is 5.50 Å². The Morgan fingerprint density at radius 3 is 2.83 bits per heavy atom. The van der Waals surface area contributed by atoms with E-state index in [4.69, 9.17) is 11.6 Å². The third-order valence-corrected chi connectivity index (χ3v) is 0.771. The number of rotatable bonds is 0. The summed E-state index contributed by atoms with van der Waals surface area (Å²) >= 11 is 5.40. The second-order valence-electron chi connectivity index (χ2n) is 0.990. The van der Waals surface area contributed by atoms with Crippen molar-refractivity contribution in [2.24, 2.45) is 0 Å². The predicted octanol–water partition coefficient (Wildman–Crippen LogP) is 0.188. The van der Waals surface area contributed by atoms with Crippen LogP contribution < -0.4 is 10.9 Å². The van der Waals surface area contributed by atoms with Crippen LogP contribution in [0.25, 0.3) is 0 Å². The summed E-state index contributed by atoms with van der Waals surface area (Å²) in [5.41, 5.74) is 6.08. The summed E-state index contributed by atoms with van der Waals surface area (Å²) < 4.78 is 0. The first-order chi connectivity index (χ1) is 2.89. The molecular formula is C3H4ClN2. The Hall–Kier alpha value is -0.210. The van der Waals surface area contributed by atoms with Crippen LogP contribution in [0.5, 0.6) is 0 Å². The van der Waals surface area contributed by atoms with Crippen LogP contribution in [0.1, 0.15) is 0 Å². The molecular weight excluding hydrogens is 99.5 g/mol. The maximum Gasteiger partial charge on any atom is 0.140 e. The molecule has 1 aliphatic heterocycles. The highest BCUT2D eigenvalue weighted by Crippen LogP contribution is 1.95. The van der Waals surface area contributed by atoms with Gasteiger partial charge in [0, 0.05) is 6.20 Å². The molecule has 0 saturated carbocycles. The van der Waals surface area contributed by atoms with Crippen LogP contribution in [0.2, 0.25) is 0 Å². The summed E-state index contributed by atoms with van der Waals surface area (Å²) in [5.74, 6) is 0. The van der Waals surface area contributed by atoms with Gasteiger partial charge >= 0.3 is 0 Å². The Bertz CT molecular complexity index is 71.2. The van der Waals surface area contributed by atoms with E-state index in [0.717, 1.165) is 0 Å². The molecule has 0 aromatic heterocycles. The average Bonchev–Trinajstić information content (AvgIpc) is 1.86. The van der Waals surface area contributed by atoms with Crippen molar-refractivity contribution in [3.05, 3.63) is 12.3 Å². The van der Waals surface area contributed by atoms with Gasteiger partial charge in [0.2, 0.25) is 0 Å². The zero-order valence-electron chi connectivity index (χ0n) is 3.06. The van der Waals surface area contributed by atoms with Gasteiger partial charge in [-0.15, -0.1) is 5.43 Å².